The van der Waals surface area contributed by atoms with E-state index in [4.69, 9.17) is 9.90 Å². The summed E-state index contributed by atoms with van der Waals surface area (Å²) in [5.41, 5.74) is 1.09. The topological polar surface area (TPSA) is 125 Å². The van der Waals surface area contributed by atoms with Crippen molar-refractivity contribution in [2.75, 3.05) is 18.5 Å². The first-order valence-corrected chi connectivity index (χ1v) is 11.7. The first kappa shape index (κ1) is 30.7. The Morgan fingerprint density at radius 2 is 1.79 bits per heavy atom. The van der Waals surface area contributed by atoms with Gasteiger partial charge in [0.1, 0.15) is 0 Å². The SMILES string of the molecule is CN(C(=O)C=C[C@H](CCc1ccccc1)NC(=O)[C@@H]1CCN1)c1nnc(C(F)(F)F)s1.O=C(O)C(F)(F)F. The molecule has 0 radical (unpaired) electrons. The number of rotatable bonds is 8. The molecule has 0 saturated carbocycles. The Kier molecular flexibility index (Phi) is 10.8. The summed E-state index contributed by atoms with van der Waals surface area (Å²) in [7, 11) is 1.32. The number of carboxylic acids is 1. The van der Waals surface area contributed by atoms with E-state index in [9.17, 15) is 35.9 Å². The van der Waals surface area contributed by atoms with Gasteiger partial charge in [0.05, 0.1) is 6.04 Å². The van der Waals surface area contributed by atoms with Gasteiger partial charge in [-0.05, 0) is 31.4 Å². The number of aryl methyl sites for hydroxylation is 1. The fourth-order valence-electron chi connectivity index (χ4n) is 2.85. The Labute approximate surface area is 216 Å². The second-order valence-electron chi connectivity index (χ2n) is 7.88. The maximum Gasteiger partial charge on any atom is 0.490 e. The number of benzene rings is 1. The van der Waals surface area contributed by atoms with Gasteiger partial charge >= 0.3 is 18.3 Å². The highest BCUT2D eigenvalue weighted by molar-refractivity contribution is 7.15. The molecule has 0 aliphatic carbocycles. The monoisotopic (exact) mass is 567 g/mol. The van der Waals surface area contributed by atoms with E-state index in [2.05, 4.69) is 20.8 Å². The zero-order chi connectivity index (χ0) is 28.5. The summed E-state index contributed by atoms with van der Waals surface area (Å²) in [5, 5.41) is 18.3. The lowest BCUT2D eigenvalue weighted by Crippen LogP contribution is -2.54. The molecule has 3 rings (SSSR count). The van der Waals surface area contributed by atoms with Crippen molar-refractivity contribution in [3.63, 3.8) is 0 Å². The minimum atomic E-state index is -5.08. The van der Waals surface area contributed by atoms with E-state index in [1.807, 2.05) is 30.3 Å². The molecule has 208 valence electrons. The number of amides is 2. The van der Waals surface area contributed by atoms with Gasteiger partial charge in [0.25, 0.3) is 5.91 Å². The largest absolute Gasteiger partial charge is 0.490 e. The highest BCUT2D eigenvalue weighted by Gasteiger charge is 2.38. The molecule has 1 aliphatic rings. The van der Waals surface area contributed by atoms with Crippen LogP contribution in [0.1, 0.15) is 23.4 Å². The van der Waals surface area contributed by atoms with Gasteiger partial charge in [-0.25, -0.2) is 4.79 Å². The molecule has 9 nitrogen and oxygen atoms in total. The quantitative estimate of drug-likeness (QED) is 0.331. The Morgan fingerprint density at radius 1 is 1.18 bits per heavy atom. The average molecular weight is 568 g/mol. The van der Waals surface area contributed by atoms with Crippen LogP contribution in [0.5, 0.6) is 0 Å². The first-order chi connectivity index (χ1) is 17.7. The molecule has 1 aromatic carbocycles. The molecule has 1 aromatic heterocycles. The number of aliphatic carboxylic acids is 1. The zero-order valence-electron chi connectivity index (χ0n) is 19.7. The summed E-state index contributed by atoms with van der Waals surface area (Å²) < 4.78 is 69.9. The highest BCUT2D eigenvalue weighted by Crippen LogP contribution is 2.34. The number of hydrogen-bond acceptors (Lipinski definition) is 7. The molecular formula is C22H23F6N5O4S. The molecule has 2 aromatic rings. The number of likely N-dealkylation sites (N-methyl/N-ethyl adjacent to an activating group) is 1. The summed E-state index contributed by atoms with van der Waals surface area (Å²) in [6.07, 6.45) is -4.90. The summed E-state index contributed by atoms with van der Waals surface area (Å²) >= 11 is 0.289. The van der Waals surface area contributed by atoms with Crippen molar-refractivity contribution in [1.29, 1.82) is 0 Å². The molecule has 2 amide bonds. The molecule has 1 saturated heterocycles. The number of carbonyl (C=O) groups is 3. The van der Waals surface area contributed by atoms with E-state index >= 15 is 0 Å². The van der Waals surface area contributed by atoms with Gasteiger partial charge in [-0.15, -0.1) is 10.2 Å². The van der Waals surface area contributed by atoms with Crippen LogP contribution in [0, 0.1) is 0 Å². The molecule has 16 heteroatoms. The minimum absolute atomic E-state index is 0.145. The van der Waals surface area contributed by atoms with Crippen molar-refractivity contribution in [2.24, 2.45) is 0 Å². The number of hydrogen-bond donors (Lipinski definition) is 3. The Hall–Kier alpha value is -3.53. The van der Waals surface area contributed by atoms with Gasteiger partial charge in [0.15, 0.2) is 0 Å². The van der Waals surface area contributed by atoms with Crippen molar-refractivity contribution in [1.82, 2.24) is 20.8 Å². The Morgan fingerprint density at radius 3 is 2.26 bits per heavy atom. The number of nitrogens with zero attached hydrogens (tertiary/aromatic N) is 3. The van der Waals surface area contributed by atoms with Crippen LogP contribution in [0.4, 0.5) is 31.5 Å². The fourth-order valence-corrected chi connectivity index (χ4v) is 3.53. The summed E-state index contributed by atoms with van der Waals surface area (Å²) in [5.74, 6) is -3.47. The van der Waals surface area contributed by atoms with Crippen molar-refractivity contribution >= 4 is 34.3 Å². The maximum absolute atomic E-state index is 12.7. The summed E-state index contributed by atoms with van der Waals surface area (Å²) in [4.78, 5) is 34.6. The molecular weight excluding hydrogens is 544 g/mol. The van der Waals surface area contributed by atoms with Crippen LogP contribution in [0.2, 0.25) is 0 Å². The molecule has 0 spiro atoms. The molecule has 2 atom stereocenters. The van der Waals surface area contributed by atoms with Gasteiger partial charge in [-0.2, -0.15) is 26.3 Å². The third kappa shape index (κ3) is 9.74. The number of nitrogens with one attached hydrogen (secondary N) is 2. The molecule has 2 heterocycles. The van der Waals surface area contributed by atoms with Crippen molar-refractivity contribution in [3.05, 3.63) is 53.1 Å². The van der Waals surface area contributed by atoms with Gasteiger partial charge in [0.2, 0.25) is 16.0 Å². The summed E-state index contributed by atoms with van der Waals surface area (Å²) in [6.45, 7) is 0.785. The van der Waals surface area contributed by atoms with E-state index < -0.39 is 35.3 Å². The highest BCUT2D eigenvalue weighted by atomic mass is 32.1. The van der Waals surface area contributed by atoms with E-state index in [1.165, 1.54) is 13.1 Å². The van der Waals surface area contributed by atoms with Crippen molar-refractivity contribution < 1.29 is 45.8 Å². The lowest BCUT2D eigenvalue weighted by Gasteiger charge is -2.28. The normalized spacial score (nSPS) is 16.1. The summed E-state index contributed by atoms with van der Waals surface area (Å²) in [6, 6.07) is 9.06. The van der Waals surface area contributed by atoms with E-state index in [-0.39, 0.29) is 28.4 Å². The number of alkyl halides is 6. The van der Waals surface area contributed by atoms with Crippen LogP contribution in [0.25, 0.3) is 0 Å². The van der Waals surface area contributed by atoms with E-state index in [1.54, 1.807) is 6.08 Å². The molecule has 0 bridgehead atoms. The molecule has 1 fully saturated rings. The Balaban J connectivity index is 0.000000638. The molecule has 38 heavy (non-hydrogen) atoms. The third-order valence-electron chi connectivity index (χ3n) is 5.04. The lowest BCUT2D eigenvalue weighted by atomic mass is 10.0. The van der Waals surface area contributed by atoms with Crippen LogP contribution >= 0.6 is 11.3 Å². The van der Waals surface area contributed by atoms with Crippen LogP contribution in [0.3, 0.4) is 0 Å². The first-order valence-electron chi connectivity index (χ1n) is 10.9. The van der Waals surface area contributed by atoms with E-state index in [0.29, 0.717) is 12.8 Å². The number of anilines is 1. The van der Waals surface area contributed by atoms with Crippen LogP contribution in [-0.4, -0.2) is 64.9 Å². The molecule has 0 unspecified atom stereocenters. The van der Waals surface area contributed by atoms with Gasteiger partial charge < -0.3 is 15.7 Å². The number of carbonyl (C=O) groups excluding carboxylic acids is 2. The third-order valence-corrected chi connectivity index (χ3v) is 6.09. The molecule has 1 aliphatic heterocycles. The van der Waals surface area contributed by atoms with Crippen LogP contribution in [-0.2, 0) is 27.0 Å². The fraction of sp³-hybridized carbons (Fsp3) is 0.409. The van der Waals surface area contributed by atoms with E-state index in [0.717, 1.165) is 23.4 Å². The zero-order valence-corrected chi connectivity index (χ0v) is 20.5. The molecule has 3 N–H and O–H groups in total. The number of aromatic nitrogens is 2. The second kappa shape index (κ2) is 13.3. The maximum atomic E-state index is 12.7. The standard InChI is InChI=1S/C20H22F3N5O2S.C2HF3O2/c1-28(19-27-26-18(31-19)20(21,22)23)16(29)10-9-14(25-17(30)15-11-12-24-15)8-7-13-5-3-2-4-6-13;3-2(4,5)1(6)7/h2-6,9-10,14-15,24H,7-8,11-12H2,1H3,(H,25,30);(H,6,7)/t14-,15-;/m0./s1. The Bertz CT molecular complexity index is 1120. The number of halogens is 6. The second-order valence-corrected chi connectivity index (χ2v) is 8.84. The van der Waals surface area contributed by atoms with Gasteiger partial charge in [-0.1, -0.05) is 47.7 Å². The predicted molar refractivity (Wildman–Crippen MR) is 124 cm³/mol. The van der Waals surface area contributed by atoms with Crippen molar-refractivity contribution in [2.45, 2.75) is 43.7 Å². The van der Waals surface area contributed by atoms with Crippen LogP contribution in [0.15, 0.2) is 42.5 Å². The van der Waals surface area contributed by atoms with Crippen molar-refractivity contribution in [3.8, 4) is 0 Å². The minimum Gasteiger partial charge on any atom is -0.475 e. The predicted octanol–water partition coefficient (Wildman–Crippen LogP) is 3.19. The average Bonchev–Trinajstić information content (AvgIpc) is 3.30. The lowest BCUT2D eigenvalue weighted by molar-refractivity contribution is -0.192. The van der Waals surface area contributed by atoms with Gasteiger partial charge in [-0.3, -0.25) is 14.5 Å². The van der Waals surface area contributed by atoms with Crippen LogP contribution < -0.4 is 15.5 Å². The van der Waals surface area contributed by atoms with Gasteiger partial charge in [0, 0.05) is 19.2 Å². The smallest absolute Gasteiger partial charge is 0.475 e. The number of carboxylic acid groups (broad SMARTS) is 1.